The smallest absolute Gasteiger partial charge is 0.248 e. The summed E-state index contributed by atoms with van der Waals surface area (Å²) in [5.74, 6) is 0. The van der Waals surface area contributed by atoms with Crippen molar-refractivity contribution < 1.29 is 8.42 Å². The average molecular weight is 310 g/mol. The molecule has 0 N–H and O–H groups in total. The number of thiazole rings is 1. The fraction of sp³-hybridized carbons (Fsp3) is 0.0833. The average Bonchev–Trinajstić information content (AvgIpc) is 3.10. The summed E-state index contributed by atoms with van der Waals surface area (Å²) >= 11 is 2.79. The summed E-state index contributed by atoms with van der Waals surface area (Å²) in [5.41, 5.74) is 0.835. The van der Waals surface area contributed by atoms with E-state index in [1.165, 1.54) is 27.7 Å². The second kappa shape index (κ2) is 4.59. The zero-order valence-electron chi connectivity index (χ0n) is 9.98. The van der Waals surface area contributed by atoms with Crippen molar-refractivity contribution in [3.63, 3.8) is 0 Å². The first-order chi connectivity index (χ1) is 9.07. The van der Waals surface area contributed by atoms with Crippen LogP contribution in [-0.4, -0.2) is 17.4 Å². The van der Waals surface area contributed by atoms with Gasteiger partial charge in [0.05, 0.1) is 15.6 Å². The van der Waals surface area contributed by atoms with Crippen LogP contribution in [0.2, 0.25) is 0 Å². The highest BCUT2D eigenvalue weighted by Crippen LogP contribution is 2.32. The minimum absolute atomic E-state index is 0.323. The Hall–Kier alpha value is -1.44. The Morgan fingerprint density at radius 2 is 1.95 bits per heavy atom. The molecule has 3 heterocycles. The van der Waals surface area contributed by atoms with Crippen LogP contribution in [0.15, 0.2) is 46.2 Å². The molecule has 7 heteroatoms. The molecule has 19 heavy (non-hydrogen) atoms. The third-order valence-corrected chi connectivity index (χ3v) is 6.56. The van der Waals surface area contributed by atoms with E-state index in [9.17, 15) is 8.42 Å². The molecular formula is C12H10N2O2S3. The normalized spacial score (nSPS) is 11.8. The highest BCUT2D eigenvalue weighted by atomic mass is 32.2. The Morgan fingerprint density at radius 3 is 2.58 bits per heavy atom. The fourth-order valence-corrected chi connectivity index (χ4v) is 4.90. The van der Waals surface area contributed by atoms with Crippen molar-refractivity contribution in [3.8, 4) is 10.6 Å². The van der Waals surface area contributed by atoms with Gasteiger partial charge in [-0.1, -0.05) is 0 Å². The Labute approximate surface area is 119 Å². The van der Waals surface area contributed by atoms with Crippen LogP contribution >= 0.6 is 22.7 Å². The molecular weight excluding hydrogens is 300 g/mol. The number of hydrogen-bond donors (Lipinski definition) is 0. The van der Waals surface area contributed by atoms with Gasteiger partial charge in [0.25, 0.3) is 10.0 Å². The van der Waals surface area contributed by atoms with E-state index in [4.69, 9.17) is 0 Å². The molecule has 0 unspecified atom stereocenters. The zero-order valence-corrected chi connectivity index (χ0v) is 12.4. The molecule has 3 aromatic rings. The predicted octanol–water partition coefficient (Wildman–Crippen LogP) is 3.22. The molecule has 0 aromatic carbocycles. The van der Waals surface area contributed by atoms with Crippen molar-refractivity contribution in [2.75, 3.05) is 0 Å². The Bertz CT molecular complexity index is 798. The Kier molecular flexibility index (Phi) is 3.04. The minimum atomic E-state index is -3.47. The summed E-state index contributed by atoms with van der Waals surface area (Å²) in [6, 6.07) is 6.81. The van der Waals surface area contributed by atoms with Gasteiger partial charge in [-0.15, -0.1) is 22.7 Å². The van der Waals surface area contributed by atoms with Crippen LogP contribution in [0.5, 0.6) is 0 Å². The number of nitrogens with zero attached hydrogens (tertiary/aromatic N) is 2. The molecule has 0 saturated heterocycles. The lowest BCUT2D eigenvalue weighted by Crippen LogP contribution is -2.08. The molecule has 98 valence electrons. The maximum absolute atomic E-state index is 12.3. The van der Waals surface area contributed by atoms with Crippen LogP contribution in [0, 0.1) is 6.92 Å². The van der Waals surface area contributed by atoms with Gasteiger partial charge in [-0.05, 0) is 31.2 Å². The lowest BCUT2D eigenvalue weighted by molar-refractivity contribution is 0.589. The molecule has 0 amide bonds. The minimum Gasteiger partial charge on any atom is -0.248 e. The molecule has 3 aromatic heterocycles. The molecule has 0 spiro atoms. The van der Waals surface area contributed by atoms with Gasteiger partial charge in [0.15, 0.2) is 0 Å². The van der Waals surface area contributed by atoms with E-state index < -0.39 is 10.0 Å². The van der Waals surface area contributed by atoms with Gasteiger partial charge >= 0.3 is 0 Å². The van der Waals surface area contributed by atoms with Gasteiger partial charge in [0.2, 0.25) is 0 Å². The van der Waals surface area contributed by atoms with Gasteiger partial charge in [0, 0.05) is 17.8 Å². The van der Waals surface area contributed by atoms with E-state index >= 15 is 0 Å². The van der Waals surface area contributed by atoms with Crippen LogP contribution in [0.1, 0.15) is 5.01 Å². The number of aromatic nitrogens is 2. The largest absolute Gasteiger partial charge is 0.277 e. The topological polar surface area (TPSA) is 52.0 Å². The van der Waals surface area contributed by atoms with E-state index in [-0.39, 0.29) is 0 Å². The first-order valence-electron chi connectivity index (χ1n) is 5.48. The highest BCUT2D eigenvalue weighted by molar-refractivity contribution is 7.92. The zero-order chi connectivity index (χ0) is 13.5. The second-order valence-corrected chi connectivity index (χ2v) is 8.10. The van der Waals surface area contributed by atoms with Crippen LogP contribution in [0.3, 0.4) is 0 Å². The summed E-state index contributed by atoms with van der Waals surface area (Å²) in [6.45, 7) is 1.93. The molecule has 0 atom stereocenters. The van der Waals surface area contributed by atoms with Crippen molar-refractivity contribution >= 4 is 32.7 Å². The van der Waals surface area contributed by atoms with Gasteiger partial charge < -0.3 is 0 Å². The number of rotatable bonds is 3. The van der Waals surface area contributed by atoms with Gasteiger partial charge in [-0.25, -0.2) is 8.96 Å². The standard InChI is InChI=1S/C12H10N2O2S3/c1-9-13-10(8-17-9)11-4-5-12(18-11)19(15,16)14-6-2-3-7-14/h2-8H,1H3. The number of thiophene rings is 1. The van der Waals surface area contributed by atoms with E-state index in [2.05, 4.69) is 4.98 Å². The summed E-state index contributed by atoms with van der Waals surface area (Å²) < 4.78 is 26.1. The van der Waals surface area contributed by atoms with E-state index in [0.717, 1.165) is 15.6 Å². The van der Waals surface area contributed by atoms with Gasteiger partial charge in [0.1, 0.15) is 4.21 Å². The third kappa shape index (κ3) is 2.24. The van der Waals surface area contributed by atoms with Crippen LogP contribution in [0.4, 0.5) is 0 Å². The van der Waals surface area contributed by atoms with Crippen LogP contribution < -0.4 is 0 Å². The summed E-state index contributed by atoms with van der Waals surface area (Å²) in [4.78, 5) is 5.24. The summed E-state index contributed by atoms with van der Waals surface area (Å²) in [7, 11) is -3.47. The van der Waals surface area contributed by atoms with Crippen molar-refractivity contribution in [2.45, 2.75) is 11.1 Å². The van der Waals surface area contributed by atoms with E-state index in [0.29, 0.717) is 4.21 Å². The molecule has 3 rings (SSSR count). The first kappa shape index (κ1) is 12.6. The molecule has 0 saturated carbocycles. The summed E-state index contributed by atoms with van der Waals surface area (Å²) in [6.07, 6.45) is 3.06. The third-order valence-electron chi connectivity index (χ3n) is 2.56. The lowest BCUT2D eigenvalue weighted by Gasteiger charge is -2.01. The Balaban J connectivity index is 2.03. The van der Waals surface area contributed by atoms with Crippen LogP contribution in [-0.2, 0) is 10.0 Å². The maximum atomic E-state index is 12.3. The predicted molar refractivity (Wildman–Crippen MR) is 77.2 cm³/mol. The van der Waals surface area contributed by atoms with Crippen molar-refractivity contribution in [1.82, 2.24) is 8.96 Å². The number of hydrogen-bond acceptors (Lipinski definition) is 5. The van der Waals surface area contributed by atoms with Crippen LogP contribution in [0.25, 0.3) is 10.6 Å². The first-order valence-corrected chi connectivity index (χ1v) is 8.62. The van der Waals surface area contributed by atoms with Crippen molar-refractivity contribution in [1.29, 1.82) is 0 Å². The summed E-state index contributed by atoms with van der Waals surface area (Å²) in [5, 5.41) is 2.91. The lowest BCUT2D eigenvalue weighted by atomic mass is 10.4. The SMILES string of the molecule is Cc1nc(-c2ccc(S(=O)(=O)n3cccc3)s2)cs1. The maximum Gasteiger partial charge on any atom is 0.277 e. The molecule has 0 fully saturated rings. The van der Waals surface area contributed by atoms with E-state index in [1.807, 2.05) is 12.3 Å². The van der Waals surface area contributed by atoms with Gasteiger partial charge in [-0.2, -0.15) is 8.42 Å². The monoisotopic (exact) mass is 310 g/mol. The number of aryl methyl sites for hydroxylation is 1. The second-order valence-electron chi connectivity index (χ2n) is 3.89. The molecule has 0 radical (unpaired) electrons. The van der Waals surface area contributed by atoms with Crippen molar-refractivity contribution in [3.05, 3.63) is 47.0 Å². The molecule has 4 nitrogen and oxygen atoms in total. The van der Waals surface area contributed by atoms with Crippen molar-refractivity contribution in [2.24, 2.45) is 0 Å². The molecule has 0 aliphatic carbocycles. The highest BCUT2D eigenvalue weighted by Gasteiger charge is 2.19. The van der Waals surface area contributed by atoms with E-state index in [1.54, 1.807) is 35.6 Å². The molecule has 0 aliphatic rings. The van der Waals surface area contributed by atoms with Gasteiger partial charge in [-0.3, -0.25) is 0 Å². The Morgan fingerprint density at radius 1 is 1.21 bits per heavy atom. The molecule has 0 bridgehead atoms. The quantitative estimate of drug-likeness (QED) is 0.746. The fourth-order valence-electron chi connectivity index (χ4n) is 1.66. The molecule has 0 aliphatic heterocycles.